The molecule has 0 unspecified atom stereocenters. The first kappa shape index (κ1) is 14.7. The van der Waals surface area contributed by atoms with Gasteiger partial charge in [-0.2, -0.15) is 0 Å². The van der Waals surface area contributed by atoms with Crippen LogP contribution in [0, 0.1) is 27.7 Å². The number of anilines is 1. The van der Waals surface area contributed by atoms with Gasteiger partial charge in [-0.15, -0.1) is 11.3 Å². The van der Waals surface area contributed by atoms with Crippen molar-refractivity contribution >= 4 is 33.1 Å². The van der Waals surface area contributed by atoms with Gasteiger partial charge in [0.25, 0.3) is 5.91 Å². The molecule has 0 fully saturated rings. The van der Waals surface area contributed by atoms with E-state index in [1.807, 2.05) is 52.0 Å². The molecule has 5 heteroatoms. The van der Waals surface area contributed by atoms with Gasteiger partial charge in [0.15, 0.2) is 0 Å². The van der Waals surface area contributed by atoms with Gasteiger partial charge in [-0.25, -0.2) is 9.97 Å². The Labute approximate surface area is 133 Å². The molecule has 0 aliphatic carbocycles. The number of benzene rings is 1. The number of hydrogen-bond acceptors (Lipinski definition) is 4. The van der Waals surface area contributed by atoms with Crippen molar-refractivity contribution in [1.29, 1.82) is 0 Å². The quantitative estimate of drug-likeness (QED) is 0.772. The summed E-state index contributed by atoms with van der Waals surface area (Å²) in [4.78, 5) is 22.9. The largest absolute Gasteiger partial charge is 0.321 e. The van der Waals surface area contributed by atoms with E-state index in [0.717, 1.165) is 38.5 Å². The molecule has 2 heterocycles. The number of nitrogens with zero attached hydrogens (tertiary/aromatic N) is 2. The maximum absolute atomic E-state index is 12.5. The highest BCUT2D eigenvalue weighted by Crippen LogP contribution is 2.31. The Morgan fingerprint density at radius 2 is 1.73 bits per heavy atom. The van der Waals surface area contributed by atoms with Crippen molar-refractivity contribution in [3.8, 4) is 0 Å². The zero-order chi connectivity index (χ0) is 15.9. The Morgan fingerprint density at radius 1 is 1.05 bits per heavy atom. The Morgan fingerprint density at radius 3 is 2.41 bits per heavy atom. The molecular weight excluding hydrogens is 294 g/mol. The van der Waals surface area contributed by atoms with Crippen molar-refractivity contribution < 1.29 is 4.79 Å². The van der Waals surface area contributed by atoms with E-state index in [1.165, 1.54) is 11.3 Å². The van der Waals surface area contributed by atoms with Crippen LogP contribution in [0.1, 0.15) is 32.3 Å². The summed E-state index contributed by atoms with van der Waals surface area (Å²) in [5.74, 6) is 0.637. The van der Waals surface area contributed by atoms with Crippen LogP contribution in [0.15, 0.2) is 24.3 Å². The summed E-state index contributed by atoms with van der Waals surface area (Å²) in [5, 5.41) is 3.94. The van der Waals surface area contributed by atoms with Gasteiger partial charge in [-0.1, -0.05) is 17.7 Å². The predicted molar refractivity (Wildman–Crippen MR) is 90.8 cm³/mol. The monoisotopic (exact) mass is 311 g/mol. The van der Waals surface area contributed by atoms with Crippen LogP contribution in [0.5, 0.6) is 0 Å². The third-order valence-corrected chi connectivity index (χ3v) is 4.78. The molecule has 0 radical (unpaired) electrons. The number of nitrogens with one attached hydrogen (secondary N) is 1. The molecular formula is C17H17N3OS. The van der Waals surface area contributed by atoms with Crippen molar-refractivity contribution in [3.05, 3.63) is 51.8 Å². The highest BCUT2D eigenvalue weighted by atomic mass is 32.1. The van der Waals surface area contributed by atoms with Gasteiger partial charge in [-0.3, -0.25) is 4.79 Å². The minimum Gasteiger partial charge on any atom is -0.321 e. The first-order valence-electron chi connectivity index (χ1n) is 7.08. The lowest BCUT2D eigenvalue weighted by atomic mass is 10.1. The molecule has 1 aromatic carbocycles. The molecule has 2 aromatic heterocycles. The van der Waals surface area contributed by atoms with E-state index in [1.54, 1.807) is 0 Å². The lowest BCUT2D eigenvalue weighted by Gasteiger charge is -2.05. The SMILES string of the molecule is Cc1ccc(NC(=O)c2sc3nc(C)nc(C)c3c2C)cc1. The number of thiophene rings is 1. The van der Waals surface area contributed by atoms with Gasteiger partial charge in [0, 0.05) is 16.8 Å². The van der Waals surface area contributed by atoms with Crippen molar-refractivity contribution in [1.82, 2.24) is 9.97 Å². The fourth-order valence-corrected chi connectivity index (χ4v) is 3.69. The molecule has 1 amide bonds. The van der Waals surface area contributed by atoms with Gasteiger partial charge in [-0.05, 0) is 45.4 Å². The van der Waals surface area contributed by atoms with Crippen LogP contribution in [-0.2, 0) is 0 Å². The predicted octanol–water partition coefficient (Wildman–Crippen LogP) is 4.18. The van der Waals surface area contributed by atoms with Crippen LogP contribution < -0.4 is 5.32 Å². The molecule has 4 nitrogen and oxygen atoms in total. The van der Waals surface area contributed by atoms with E-state index in [0.29, 0.717) is 4.88 Å². The second-order valence-electron chi connectivity index (χ2n) is 5.41. The summed E-state index contributed by atoms with van der Waals surface area (Å²) in [6.45, 7) is 7.80. The third-order valence-electron chi connectivity index (χ3n) is 3.60. The Bertz CT molecular complexity index is 866. The summed E-state index contributed by atoms with van der Waals surface area (Å²) in [6, 6.07) is 7.77. The first-order chi connectivity index (χ1) is 10.5. The Kier molecular flexibility index (Phi) is 3.66. The molecule has 0 spiro atoms. The number of carbonyl (C=O) groups is 1. The van der Waals surface area contributed by atoms with Crippen LogP contribution in [0.2, 0.25) is 0 Å². The van der Waals surface area contributed by atoms with E-state index < -0.39 is 0 Å². The van der Waals surface area contributed by atoms with Crippen molar-refractivity contribution in [2.24, 2.45) is 0 Å². The summed E-state index contributed by atoms with van der Waals surface area (Å²) in [6.07, 6.45) is 0. The minimum absolute atomic E-state index is 0.0959. The standard InChI is InChI=1S/C17H17N3OS/c1-9-5-7-13(8-6-9)20-16(21)15-10(2)14-11(3)18-12(4)19-17(14)22-15/h5-8H,1-4H3,(H,20,21). The van der Waals surface area contributed by atoms with E-state index in [9.17, 15) is 4.79 Å². The molecule has 0 saturated carbocycles. The number of aryl methyl sites for hydroxylation is 4. The minimum atomic E-state index is -0.0959. The molecule has 22 heavy (non-hydrogen) atoms. The fraction of sp³-hybridized carbons (Fsp3) is 0.235. The maximum Gasteiger partial charge on any atom is 0.266 e. The highest BCUT2D eigenvalue weighted by molar-refractivity contribution is 7.20. The Hall–Kier alpha value is -2.27. The number of rotatable bonds is 2. The highest BCUT2D eigenvalue weighted by Gasteiger charge is 2.18. The van der Waals surface area contributed by atoms with Crippen LogP contribution >= 0.6 is 11.3 Å². The lowest BCUT2D eigenvalue weighted by molar-refractivity contribution is 0.103. The summed E-state index contributed by atoms with van der Waals surface area (Å²) in [5.41, 5.74) is 3.83. The van der Waals surface area contributed by atoms with Crippen LogP contribution in [0.3, 0.4) is 0 Å². The van der Waals surface area contributed by atoms with E-state index in [4.69, 9.17) is 0 Å². The van der Waals surface area contributed by atoms with E-state index in [2.05, 4.69) is 15.3 Å². The molecule has 0 saturated heterocycles. The second-order valence-corrected chi connectivity index (χ2v) is 6.41. The zero-order valence-corrected chi connectivity index (χ0v) is 13.8. The number of aromatic nitrogens is 2. The van der Waals surface area contributed by atoms with Gasteiger partial charge in [0.05, 0.1) is 4.88 Å². The summed E-state index contributed by atoms with van der Waals surface area (Å²) in [7, 11) is 0. The van der Waals surface area contributed by atoms with Gasteiger partial charge < -0.3 is 5.32 Å². The number of fused-ring (bicyclic) bond motifs is 1. The third kappa shape index (κ3) is 2.60. The van der Waals surface area contributed by atoms with Crippen molar-refractivity contribution in [3.63, 3.8) is 0 Å². The fourth-order valence-electron chi connectivity index (χ4n) is 2.51. The molecule has 3 rings (SSSR count). The smallest absolute Gasteiger partial charge is 0.266 e. The first-order valence-corrected chi connectivity index (χ1v) is 7.89. The van der Waals surface area contributed by atoms with Crippen LogP contribution in [-0.4, -0.2) is 15.9 Å². The van der Waals surface area contributed by atoms with E-state index in [-0.39, 0.29) is 5.91 Å². The second kappa shape index (κ2) is 5.50. The van der Waals surface area contributed by atoms with Crippen LogP contribution in [0.25, 0.3) is 10.2 Å². The maximum atomic E-state index is 12.5. The molecule has 3 aromatic rings. The topological polar surface area (TPSA) is 54.9 Å². The van der Waals surface area contributed by atoms with Crippen molar-refractivity contribution in [2.75, 3.05) is 5.32 Å². The molecule has 0 aliphatic heterocycles. The number of carbonyl (C=O) groups excluding carboxylic acids is 1. The number of hydrogen-bond donors (Lipinski definition) is 1. The lowest BCUT2D eigenvalue weighted by Crippen LogP contribution is -2.11. The summed E-state index contributed by atoms with van der Waals surface area (Å²) < 4.78 is 0. The molecule has 0 bridgehead atoms. The van der Waals surface area contributed by atoms with Gasteiger partial charge in [0.1, 0.15) is 10.7 Å². The van der Waals surface area contributed by atoms with Gasteiger partial charge in [0.2, 0.25) is 0 Å². The van der Waals surface area contributed by atoms with E-state index >= 15 is 0 Å². The van der Waals surface area contributed by atoms with Crippen LogP contribution in [0.4, 0.5) is 5.69 Å². The molecule has 0 aliphatic rings. The molecule has 112 valence electrons. The Balaban J connectivity index is 1.99. The van der Waals surface area contributed by atoms with Gasteiger partial charge >= 0.3 is 0 Å². The molecule has 0 atom stereocenters. The zero-order valence-electron chi connectivity index (χ0n) is 13.0. The molecule has 1 N–H and O–H groups in total. The number of amides is 1. The normalized spacial score (nSPS) is 10.9. The van der Waals surface area contributed by atoms with Crippen molar-refractivity contribution in [2.45, 2.75) is 27.7 Å². The average Bonchev–Trinajstić information content (AvgIpc) is 2.78. The average molecular weight is 311 g/mol. The summed E-state index contributed by atoms with van der Waals surface area (Å²) >= 11 is 1.42.